The van der Waals surface area contributed by atoms with Gasteiger partial charge >= 0.3 is 0 Å². The van der Waals surface area contributed by atoms with Gasteiger partial charge in [-0.05, 0) is 12.1 Å². The maximum Gasteiger partial charge on any atom is 0.225 e. The first-order valence-corrected chi connectivity index (χ1v) is 13.1. The average Bonchev–Trinajstić information content (AvgIpc) is 2.94. The van der Waals surface area contributed by atoms with Gasteiger partial charge in [-0.1, -0.05) is 24.3 Å². The molecule has 2 aliphatic heterocycles. The number of fused-ring (bicyclic) bond motifs is 2. The van der Waals surface area contributed by atoms with Gasteiger partial charge in [-0.25, -0.2) is 0 Å². The second-order valence-corrected chi connectivity index (χ2v) is 9.62. The first kappa shape index (κ1) is 26.2. The Morgan fingerprint density at radius 1 is 0.658 bits per heavy atom. The van der Waals surface area contributed by atoms with Crippen molar-refractivity contribution in [2.75, 3.05) is 76.3 Å². The lowest BCUT2D eigenvalue weighted by Gasteiger charge is -2.26. The summed E-state index contributed by atoms with van der Waals surface area (Å²) in [6.07, 6.45) is 0.514. The molecular formula is C28H32N4O6. The van der Waals surface area contributed by atoms with E-state index in [2.05, 4.69) is 20.4 Å². The summed E-state index contributed by atoms with van der Waals surface area (Å²) in [5, 5.41) is 5.67. The molecule has 2 saturated heterocycles. The third-order valence-corrected chi connectivity index (χ3v) is 7.14. The third kappa shape index (κ3) is 5.83. The fraction of sp³-hybridized carbons (Fsp3) is 0.429. The van der Waals surface area contributed by atoms with E-state index in [4.69, 9.17) is 9.47 Å². The Labute approximate surface area is 221 Å². The van der Waals surface area contributed by atoms with E-state index in [1.54, 1.807) is 36.4 Å². The normalized spacial score (nSPS) is 18.0. The van der Waals surface area contributed by atoms with Crippen molar-refractivity contribution in [3.63, 3.8) is 0 Å². The molecule has 2 aromatic carbocycles. The molecule has 2 amide bonds. The average molecular weight is 521 g/mol. The quantitative estimate of drug-likeness (QED) is 0.462. The highest BCUT2D eigenvalue weighted by Crippen LogP contribution is 2.35. The van der Waals surface area contributed by atoms with Gasteiger partial charge in [0.15, 0.2) is 11.6 Å². The molecule has 0 aromatic heterocycles. The molecule has 0 spiro atoms. The Morgan fingerprint density at radius 3 is 1.50 bits per heavy atom. The number of nitrogens with one attached hydrogen (secondary N) is 2. The summed E-state index contributed by atoms with van der Waals surface area (Å²) in [5.41, 5.74) is 1.38. The molecule has 200 valence electrons. The number of amides is 2. The Kier molecular flexibility index (Phi) is 8.23. The molecule has 2 aromatic rings. The van der Waals surface area contributed by atoms with E-state index < -0.39 is 5.78 Å². The Balaban J connectivity index is 1.31. The maximum absolute atomic E-state index is 13.8. The highest BCUT2D eigenvalue weighted by Gasteiger charge is 2.34. The first-order chi connectivity index (χ1) is 18.5. The molecule has 2 fully saturated rings. The van der Waals surface area contributed by atoms with E-state index >= 15 is 0 Å². The van der Waals surface area contributed by atoms with Crippen LogP contribution in [0.2, 0.25) is 0 Å². The van der Waals surface area contributed by atoms with Gasteiger partial charge in [-0.15, -0.1) is 0 Å². The van der Waals surface area contributed by atoms with E-state index in [-0.39, 0.29) is 52.7 Å². The van der Waals surface area contributed by atoms with E-state index in [9.17, 15) is 19.2 Å². The minimum atomic E-state index is -0.400. The lowest BCUT2D eigenvalue weighted by Crippen LogP contribution is -2.38. The molecule has 0 atom stereocenters. The number of hydrogen-bond acceptors (Lipinski definition) is 8. The Morgan fingerprint density at radius 2 is 1.08 bits per heavy atom. The fourth-order valence-electron chi connectivity index (χ4n) is 5.05. The van der Waals surface area contributed by atoms with Crippen LogP contribution in [0.25, 0.3) is 0 Å². The predicted molar refractivity (Wildman–Crippen MR) is 141 cm³/mol. The number of ether oxygens (including phenoxy) is 2. The molecule has 2 heterocycles. The zero-order chi connectivity index (χ0) is 26.5. The summed E-state index contributed by atoms with van der Waals surface area (Å²) >= 11 is 0. The van der Waals surface area contributed by atoms with Crippen LogP contribution in [0.3, 0.4) is 0 Å². The number of benzene rings is 2. The van der Waals surface area contributed by atoms with Crippen molar-refractivity contribution in [3.8, 4) is 0 Å². The van der Waals surface area contributed by atoms with Gasteiger partial charge in [0, 0.05) is 63.2 Å². The number of morpholine rings is 2. The molecule has 0 bridgehead atoms. The number of hydrogen-bond donors (Lipinski definition) is 2. The molecule has 0 radical (unpaired) electrons. The Hall–Kier alpha value is -3.44. The number of ketones is 2. The summed E-state index contributed by atoms with van der Waals surface area (Å²) < 4.78 is 10.7. The topological polar surface area (TPSA) is 117 Å². The smallest absolute Gasteiger partial charge is 0.225 e. The molecule has 2 N–H and O–H groups in total. The number of anilines is 2. The van der Waals surface area contributed by atoms with Crippen LogP contribution in [0.4, 0.5) is 11.4 Å². The first-order valence-electron chi connectivity index (χ1n) is 13.1. The van der Waals surface area contributed by atoms with Crippen molar-refractivity contribution in [3.05, 3.63) is 58.7 Å². The van der Waals surface area contributed by atoms with Crippen LogP contribution < -0.4 is 10.6 Å². The van der Waals surface area contributed by atoms with E-state index in [1.807, 2.05) is 0 Å². The van der Waals surface area contributed by atoms with Crippen molar-refractivity contribution < 1.29 is 28.7 Å². The number of nitrogens with zero attached hydrogens (tertiary/aromatic N) is 2. The SMILES string of the molecule is O=C(CCN1CCOCC1)Nc1cccc2c1C(=O)c1c(NC(=O)CCN3CCOCC3)cccc1C2=O. The lowest BCUT2D eigenvalue weighted by molar-refractivity contribution is -0.117. The largest absolute Gasteiger partial charge is 0.379 e. The van der Waals surface area contributed by atoms with E-state index in [0.717, 1.165) is 26.2 Å². The van der Waals surface area contributed by atoms with Gasteiger partial charge in [0.25, 0.3) is 0 Å². The van der Waals surface area contributed by atoms with Gasteiger partial charge in [0.2, 0.25) is 11.8 Å². The summed E-state index contributed by atoms with van der Waals surface area (Å²) in [5.74, 6) is -1.19. The number of carbonyl (C=O) groups is 4. The fourth-order valence-corrected chi connectivity index (χ4v) is 5.05. The number of rotatable bonds is 8. The molecular weight excluding hydrogens is 488 g/mol. The van der Waals surface area contributed by atoms with Crippen molar-refractivity contribution in [1.82, 2.24) is 9.80 Å². The highest BCUT2D eigenvalue weighted by molar-refractivity contribution is 6.32. The molecule has 5 rings (SSSR count). The van der Waals surface area contributed by atoms with Crippen molar-refractivity contribution in [1.29, 1.82) is 0 Å². The van der Waals surface area contributed by atoms with E-state index in [0.29, 0.717) is 50.9 Å². The standard InChI is InChI=1S/C28H32N4O6/c33-23(7-9-31-11-15-37-16-12-31)29-21-5-1-3-19-25(21)28(36)26-20(27(19)35)4-2-6-22(26)30-24(34)8-10-32-13-17-38-18-14-32/h1-6H,7-18H2,(H,29,33)(H,30,34). The molecule has 38 heavy (non-hydrogen) atoms. The minimum Gasteiger partial charge on any atom is -0.379 e. The summed E-state index contributed by atoms with van der Waals surface area (Å²) in [6.45, 7) is 6.87. The highest BCUT2D eigenvalue weighted by atomic mass is 16.5. The van der Waals surface area contributed by atoms with Crippen LogP contribution in [0.15, 0.2) is 36.4 Å². The van der Waals surface area contributed by atoms with Crippen molar-refractivity contribution >= 4 is 34.8 Å². The van der Waals surface area contributed by atoms with Crippen LogP contribution in [0.1, 0.15) is 44.7 Å². The zero-order valence-corrected chi connectivity index (χ0v) is 21.3. The van der Waals surface area contributed by atoms with Crippen molar-refractivity contribution in [2.24, 2.45) is 0 Å². The van der Waals surface area contributed by atoms with Gasteiger partial charge in [0.1, 0.15) is 0 Å². The molecule has 10 heteroatoms. The molecule has 10 nitrogen and oxygen atoms in total. The molecule has 0 unspecified atom stereocenters. The summed E-state index contributed by atoms with van der Waals surface area (Å²) in [7, 11) is 0. The van der Waals surface area contributed by atoms with Gasteiger partial charge < -0.3 is 20.1 Å². The van der Waals surface area contributed by atoms with Crippen LogP contribution in [0, 0.1) is 0 Å². The number of carbonyl (C=O) groups excluding carboxylic acids is 4. The lowest BCUT2D eigenvalue weighted by atomic mass is 9.82. The third-order valence-electron chi connectivity index (χ3n) is 7.14. The van der Waals surface area contributed by atoms with Gasteiger partial charge in [-0.3, -0.25) is 29.0 Å². The molecule has 3 aliphatic rings. The van der Waals surface area contributed by atoms with Crippen LogP contribution in [-0.2, 0) is 19.1 Å². The Bertz CT molecular complexity index is 1140. The predicted octanol–water partition coefficient (Wildman–Crippen LogP) is 1.78. The summed E-state index contributed by atoms with van der Waals surface area (Å²) in [4.78, 5) is 57.0. The maximum atomic E-state index is 13.8. The van der Waals surface area contributed by atoms with Crippen LogP contribution >= 0.6 is 0 Å². The van der Waals surface area contributed by atoms with Crippen LogP contribution in [-0.4, -0.2) is 98.9 Å². The van der Waals surface area contributed by atoms with Gasteiger partial charge in [0.05, 0.1) is 48.9 Å². The molecule has 0 saturated carbocycles. The summed E-state index contributed by atoms with van der Waals surface area (Å²) in [6, 6.07) is 9.76. The second kappa shape index (κ2) is 12.0. The molecule has 1 aliphatic carbocycles. The monoisotopic (exact) mass is 520 g/mol. The van der Waals surface area contributed by atoms with Gasteiger partial charge in [-0.2, -0.15) is 0 Å². The zero-order valence-electron chi connectivity index (χ0n) is 21.3. The van der Waals surface area contributed by atoms with Crippen LogP contribution in [0.5, 0.6) is 0 Å². The van der Waals surface area contributed by atoms with Crippen molar-refractivity contribution in [2.45, 2.75) is 12.8 Å². The minimum absolute atomic E-state index is 0.153. The second-order valence-electron chi connectivity index (χ2n) is 9.62. The van der Waals surface area contributed by atoms with E-state index in [1.165, 1.54) is 0 Å².